The third-order valence-corrected chi connectivity index (χ3v) is 4.92. The van der Waals surface area contributed by atoms with Gasteiger partial charge in [0.15, 0.2) is 0 Å². The molecule has 166 valence electrons. The molecule has 0 bridgehead atoms. The van der Waals surface area contributed by atoms with E-state index in [9.17, 15) is 18.0 Å². The van der Waals surface area contributed by atoms with E-state index in [1.165, 1.54) is 18.2 Å². The van der Waals surface area contributed by atoms with E-state index in [1.54, 1.807) is 30.4 Å². The summed E-state index contributed by atoms with van der Waals surface area (Å²) in [5, 5.41) is 2.84. The molecule has 0 aliphatic carbocycles. The maximum Gasteiger partial charge on any atom is 0.417 e. The summed E-state index contributed by atoms with van der Waals surface area (Å²) in [6.45, 7) is 7.76. The molecule has 0 aromatic heterocycles. The van der Waals surface area contributed by atoms with Crippen molar-refractivity contribution >= 4 is 17.5 Å². The second-order valence-corrected chi connectivity index (χ2v) is 7.08. The summed E-state index contributed by atoms with van der Waals surface area (Å²) in [5.74, 6) is -0.602. The van der Waals surface area contributed by atoms with Gasteiger partial charge in [-0.3, -0.25) is 4.79 Å². The Morgan fingerprint density at radius 2 is 1.97 bits per heavy atom. The Morgan fingerprint density at radius 3 is 2.66 bits per heavy atom. The van der Waals surface area contributed by atoms with Crippen LogP contribution in [0.2, 0.25) is 0 Å². The zero-order valence-electron chi connectivity index (χ0n) is 17.8. The molecule has 4 nitrogen and oxygen atoms in total. The number of nitrogens with one attached hydrogen (secondary N) is 1. The summed E-state index contributed by atoms with van der Waals surface area (Å²) in [4.78, 5) is 17.4. The van der Waals surface area contributed by atoms with Gasteiger partial charge in [-0.25, -0.2) is 4.99 Å². The van der Waals surface area contributed by atoms with Crippen LogP contribution in [0.1, 0.15) is 47.3 Å². The second kappa shape index (κ2) is 9.68. The number of hydrogen-bond acceptors (Lipinski definition) is 3. The molecule has 32 heavy (non-hydrogen) atoms. The van der Waals surface area contributed by atoms with E-state index >= 15 is 0 Å². The molecule has 0 spiro atoms. The standard InChI is InChI=1S/C25H23F3N2O2/c1-4-6-14-21(16(3)5-2)29-23(31)19-12-9-10-17-15-32-24(30-22(17)19)18-11-7-8-13-20(18)25(26,27)28/h4,6-14H,3,5,15H2,1-2H3,(H,29,31). The number of fused-ring (bicyclic) bond motifs is 1. The van der Waals surface area contributed by atoms with Gasteiger partial charge >= 0.3 is 6.18 Å². The van der Waals surface area contributed by atoms with Gasteiger partial charge < -0.3 is 10.1 Å². The smallest absolute Gasteiger partial charge is 0.417 e. The summed E-state index contributed by atoms with van der Waals surface area (Å²) in [5.41, 5.74) is 1.42. The van der Waals surface area contributed by atoms with Crippen molar-refractivity contribution in [1.82, 2.24) is 5.32 Å². The lowest BCUT2D eigenvalue weighted by Gasteiger charge is -2.21. The van der Waals surface area contributed by atoms with Gasteiger partial charge in [0.25, 0.3) is 5.91 Å². The topological polar surface area (TPSA) is 50.7 Å². The molecule has 3 rings (SSSR count). The highest BCUT2D eigenvalue weighted by atomic mass is 19.4. The Balaban J connectivity index is 2.03. The highest BCUT2D eigenvalue weighted by molar-refractivity contribution is 6.04. The van der Waals surface area contributed by atoms with E-state index in [0.29, 0.717) is 17.7 Å². The van der Waals surface area contributed by atoms with Gasteiger partial charge in [-0.1, -0.05) is 49.9 Å². The first-order valence-corrected chi connectivity index (χ1v) is 10.1. The van der Waals surface area contributed by atoms with Crippen LogP contribution in [-0.4, -0.2) is 11.8 Å². The fraction of sp³-hybridized carbons (Fsp3) is 0.200. The number of allylic oxidation sites excluding steroid dienone is 4. The zero-order valence-corrected chi connectivity index (χ0v) is 17.8. The molecule has 1 N–H and O–H groups in total. The van der Waals surface area contributed by atoms with Crippen LogP contribution in [0, 0.1) is 0 Å². The molecular formula is C25H23F3N2O2. The van der Waals surface area contributed by atoms with Crippen molar-refractivity contribution in [3.63, 3.8) is 0 Å². The lowest BCUT2D eigenvalue weighted by molar-refractivity contribution is -0.137. The summed E-state index contributed by atoms with van der Waals surface area (Å²) in [6.07, 6.45) is 1.44. The number of rotatable bonds is 6. The lowest BCUT2D eigenvalue weighted by Crippen LogP contribution is -2.25. The van der Waals surface area contributed by atoms with Crippen molar-refractivity contribution < 1.29 is 22.7 Å². The van der Waals surface area contributed by atoms with Gasteiger partial charge in [0.05, 0.1) is 16.8 Å². The SMILES string of the molecule is C=C(CC)C(=CC=CC)NC(=O)c1cccc2c1N=C(c1ccccc1C(F)(F)F)OC2. The fourth-order valence-electron chi connectivity index (χ4n) is 3.18. The summed E-state index contributed by atoms with van der Waals surface area (Å²) in [6, 6.07) is 10.1. The quantitative estimate of drug-likeness (QED) is 0.524. The number of hydrogen-bond donors (Lipinski definition) is 1. The van der Waals surface area contributed by atoms with Crippen LogP contribution in [0.5, 0.6) is 0 Å². The average Bonchev–Trinajstić information content (AvgIpc) is 2.79. The molecule has 1 heterocycles. The number of para-hydroxylation sites is 1. The molecule has 2 aromatic rings. The van der Waals surface area contributed by atoms with E-state index in [1.807, 2.05) is 19.9 Å². The number of ether oxygens (including phenoxy) is 1. The van der Waals surface area contributed by atoms with Crippen LogP contribution < -0.4 is 5.32 Å². The van der Waals surface area contributed by atoms with Crippen molar-refractivity contribution in [2.24, 2.45) is 4.99 Å². The van der Waals surface area contributed by atoms with Gasteiger partial charge in [-0.05, 0) is 43.2 Å². The second-order valence-electron chi connectivity index (χ2n) is 7.08. The van der Waals surface area contributed by atoms with E-state index in [-0.39, 0.29) is 29.3 Å². The predicted molar refractivity (Wildman–Crippen MR) is 119 cm³/mol. The van der Waals surface area contributed by atoms with Crippen LogP contribution in [0.4, 0.5) is 18.9 Å². The Hall–Kier alpha value is -3.61. The number of amides is 1. The summed E-state index contributed by atoms with van der Waals surface area (Å²) < 4.78 is 45.9. The molecule has 0 saturated carbocycles. The zero-order chi connectivity index (χ0) is 23.3. The Kier molecular flexibility index (Phi) is 6.98. The van der Waals surface area contributed by atoms with Crippen LogP contribution in [-0.2, 0) is 17.5 Å². The van der Waals surface area contributed by atoms with Crippen LogP contribution in [0.15, 0.2) is 83.5 Å². The maximum absolute atomic E-state index is 13.5. The third kappa shape index (κ3) is 4.99. The third-order valence-electron chi connectivity index (χ3n) is 4.92. The van der Waals surface area contributed by atoms with E-state index in [4.69, 9.17) is 4.74 Å². The average molecular weight is 440 g/mol. The molecule has 7 heteroatoms. The minimum absolute atomic E-state index is 0.00438. The number of carbonyl (C=O) groups is 1. The van der Waals surface area contributed by atoms with Crippen LogP contribution >= 0.6 is 0 Å². The number of halogens is 3. The van der Waals surface area contributed by atoms with E-state index in [2.05, 4.69) is 16.9 Å². The van der Waals surface area contributed by atoms with Crippen molar-refractivity contribution in [3.8, 4) is 0 Å². The fourth-order valence-corrected chi connectivity index (χ4v) is 3.18. The first-order chi connectivity index (χ1) is 15.3. The van der Waals surface area contributed by atoms with E-state index in [0.717, 1.165) is 11.6 Å². The number of aliphatic imine (C=N–C) groups is 1. The molecule has 0 unspecified atom stereocenters. The number of alkyl halides is 3. The minimum Gasteiger partial charge on any atom is -0.472 e. The van der Waals surface area contributed by atoms with E-state index < -0.39 is 17.6 Å². The molecule has 2 aromatic carbocycles. The van der Waals surface area contributed by atoms with Crippen molar-refractivity contribution in [2.75, 3.05) is 0 Å². The van der Waals surface area contributed by atoms with Crippen LogP contribution in [0.25, 0.3) is 0 Å². The number of benzene rings is 2. The Labute approximate surface area is 184 Å². The molecular weight excluding hydrogens is 417 g/mol. The minimum atomic E-state index is -4.56. The predicted octanol–water partition coefficient (Wildman–Crippen LogP) is 6.47. The van der Waals surface area contributed by atoms with Crippen molar-refractivity contribution in [3.05, 3.63) is 101 Å². The highest BCUT2D eigenvalue weighted by Gasteiger charge is 2.35. The van der Waals surface area contributed by atoms with Crippen LogP contribution in [0.3, 0.4) is 0 Å². The van der Waals surface area contributed by atoms with Gasteiger partial charge in [-0.2, -0.15) is 13.2 Å². The largest absolute Gasteiger partial charge is 0.472 e. The Bertz CT molecular complexity index is 1130. The van der Waals surface area contributed by atoms with Gasteiger partial charge in [0.2, 0.25) is 5.90 Å². The first-order valence-electron chi connectivity index (χ1n) is 10.1. The maximum atomic E-state index is 13.5. The Morgan fingerprint density at radius 1 is 1.22 bits per heavy atom. The molecule has 1 aliphatic heterocycles. The van der Waals surface area contributed by atoms with Gasteiger partial charge in [0, 0.05) is 16.8 Å². The molecule has 0 radical (unpaired) electrons. The van der Waals surface area contributed by atoms with Gasteiger partial charge in [0.1, 0.15) is 6.61 Å². The monoisotopic (exact) mass is 440 g/mol. The summed E-state index contributed by atoms with van der Waals surface area (Å²) in [7, 11) is 0. The molecule has 0 saturated heterocycles. The first kappa shape index (κ1) is 23.1. The van der Waals surface area contributed by atoms with Crippen molar-refractivity contribution in [1.29, 1.82) is 0 Å². The molecule has 0 fully saturated rings. The molecule has 0 atom stereocenters. The van der Waals surface area contributed by atoms with Crippen molar-refractivity contribution in [2.45, 2.75) is 33.1 Å². The highest BCUT2D eigenvalue weighted by Crippen LogP contribution is 2.35. The summed E-state index contributed by atoms with van der Waals surface area (Å²) >= 11 is 0. The van der Waals surface area contributed by atoms with Gasteiger partial charge in [-0.15, -0.1) is 0 Å². The number of nitrogens with zero attached hydrogens (tertiary/aromatic N) is 1. The number of carbonyl (C=O) groups excluding carboxylic acids is 1. The molecule has 1 amide bonds. The normalized spacial score (nSPS) is 13.9. The molecule has 1 aliphatic rings. The lowest BCUT2D eigenvalue weighted by atomic mass is 10.0.